The fraction of sp³-hybridized carbons (Fsp3) is 0.364. The van der Waals surface area contributed by atoms with E-state index in [0.717, 1.165) is 0 Å². The molecule has 7 nitrogen and oxygen atoms in total. The molecule has 8 heteroatoms. The third-order valence-electron chi connectivity index (χ3n) is 2.36. The second kappa shape index (κ2) is 6.64. The molecule has 104 valence electrons. The van der Waals surface area contributed by atoms with Crippen molar-refractivity contribution < 1.29 is 14.0 Å². The zero-order valence-corrected chi connectivity index (χ0v) is 10.7. The van der Waals surface area contributed by atoms with Crippen LogP contribution >= 0.6 is 0 Å². The van der Waals surface area contributed by atoms with E-state index in [4.69, 9.17) is 5.84 Å². The normalized spacial score (nSPS) is 11.6. The van der Waals surface area contributed by atoms with Crippen LogP contribution in [0.3, 0.4) is 0 Å². The predicted octanol–water partition coefficient (Wildman–Crippen LogP) is -0.239. The number of aromatic nitrogens is 1. The standard InChI is InChI=1S/C11H16FN5O2/c1-3-14-10(18)6(2)16-11(19)7-4-5-15-9(17-13)8(7)12/h4-6H,3,13H2,1-2H3,(H,14,18)(H,15,17)(H,16,19). The van der Waals surface area contributed by atoms with Gasteiger partial charge in [-0.15, -0.1) is 0 Å². The molecule has 1 aromatic rings. The molecule has 5 N–H and O–H groups in total. The second-order valence-corrected chi connectivity index (χ2v) is 3.76. The maximum Gasteiger partial charge on any atom is 0.255 e. The number of carbonyl (C=O) groups excluding carboxylic acids is 2. The molecular weight excluding hydrogens is 253 g/mol. The van der Waals surface area contributed by atoms with Gasteiger partial charge >= 0.3 is 0 Å². The Hall–Kier alpha value is -2.22. The summed E-state index contributed by atoms with van der Waals surface area (Å²) in [5.41, 5.74) is 1.80. The van der Waals surface area contributed by atoms with Gasteiger partial charge in [0.05, 0.1) is 5.56 Å². The van der Waals surface area contributed by atoms with Gasteiger partial charge in [0.25, 0.3) is 5.91 Å². The van der Waals surface area contributed by atoms with Gasteiger partial charge in [0.2, 0.25) is 5.91 Å². The second-order valence-electron chi connectivity index (χ2n) is 3.76. The highest BCUT2D eigenvalue weighted by Gasteiger charge is 2.20. The Morgan fingerprint density at radius 2 is 2.21 bits per heavy atom. The molecule has 0 bridgehead atoms. The minimum atomic E-state index is -0.870. The van der Waals surface area contributed by atoms with Crippen molar-refractivity contribution in [2.24, 2.45) is 5.84 Å². The number of pyridine rings is 1. The van der Waals surface area contributed by atoms with Crippen LogP contribution in [0.2, 0.25) is 0 Å². The number of amides is 2. The molecule has 1 aromatic heterocycles. The number of halogens is 1. The number of nitrogens with one attached hydrogen (secondary N) is 3. The average Bonchev–Trinajstić information content (AvgIpc) is 2.39. The van der Waals surface area contributed by atoms with Crippen molar-refractivity contribution in [3.63, 3.8) is 0 Å². The lowest BCUT2D eigenvalue weighted by molar-refractivity contribution is -0.122. The lowest BCUT2D eigenvalue weighted by atomic mass is 10.2. The van der Waals surface area contributed by atoms with Gasteiger partial charge in [-0.05, 0) is 19.9 Å². The number of anilines is 1. The van der Waals surface area contributed by atoms with Crippen LogP contribution in [-0.2, 0) is 4.79 Å². The van der Waals surface area contributed by atoms with Gasteiger partial charge in [0, 0.05) is 12.7 Å². The maximum atomic E-state index is 13.8. The number of nitrogens with zero attached hydrogens (tertiary/aromatic N) is 1. The first-order valence-corrected chi connectivity index (χ1v) is 5.71. The fourth-order valence-electron chi connectivity index (χ4n) is 1.39. The molecule has 19 heavy (non-hydrogen) atoms. The zero-order valence-electron chi connectivity index (χ0n) is 10.7. The molecule has 1 unspecified atom stereocenters. The van der Waals surface area contributed by atoms with E-state index in [0.29, 0.717) is 6.54 Å². The molecule has 0 aliphatic rings. The van der Waals surface area contributed by atoms with Crippen molar-refractivity contribution in [2.75, 3.05) is 12.0 Å². The third-order valence-corrected chi connectivity index (χ3v) is 2.36. The first kappa shape index (κ1) is 14.8. The summed E-state index contributed by atoms with van der Waals surface area (Å²) in [6.45, 7) is 3.71. The molecule has 1 atom stereocenters. The van der Waals surface area contributed by atoms with Crippen LogP contribution in [-0.4, -0.2) is 29.4 Å². The summed E-state index contributed by atoms with van der Waals surface area (Å²) >= 11 is 0. The van der Waals surface area contributed by atoms with Gasteiger partial charge in [-0.1, -0.05) is 0 Å². The number of hydrogen-bond acceptors (Lipinski definition) is 5. The smallest absolute Gasteiger partial charge is 0.255 e. The van der Waals surface area contributed by atoms with E-state index in [9.17, 15) is 14.0 Å². The Labute approximate surface area is 109 Å². The maximum absolute atomic E-state index is 13.8. The van der Waals surface area contributed by atoms with E-state index in [1.54, 1.807) is 6.92 Å². The molecule has 2 amide bonds. The zero-order chi connectivity index (χ0) is 14.4. The van der Waals surface area contributed by atoms with Crippen LogP contribution < -0.4 is 21.9 Å². The summed E-state index contributed by atoms with van der Waals surface area (Å²) in [5.74, 6) is 2.90. The number of rotatable bonds is 5. The number of hydrogen-bond donors (Lipinski definition) is 4. The largest absolute Gasteiger partial charge is 0.355 e. The predicted molar refractivity (Wildman–Crippen MR) is 67.6 cm³/mol. The van der Waals surface area contributed by atoms with Crippen LogP contribution in [0.25, 0.3) is 0 Å². The molecule has 0 saturated heterocycles. The number of carbonyl (C=O) groups is 2. The minimum absolute atomic E-state index is 0.237. The van der Waals surface area contributed by atoms with Crippen LogP contribution in [0.15, 0.2) is 12.3 Å². The SMILES string of the molecule is CCNC(=O)C(C)NC(=O)c1ccnc(NN)c1F. The highest BCUT2D eigenvalue weighted by molar-refractivity contribution is 5.98. The molecule has 1 rings (SSSR count). The fourth-order valence-corrected chi connectivity index (χ4v) is 1.39. The third kappa shape index (κ3) is 3.62. The van der Waals surface area contributed by atoms with E-state index in [2.05, 4.69) is 15.6 Å². The molecule has 0 fully saturated rings. The molecule has 0 aliphatic heterocycles. The van der Waals surface area contributed by atoms with Crippen molar-refractivity contribution in [1.82, 2.24) is 15.6 Å². The van der Waals surface area contributed by atoms with Crippen LogP contribution in [0.5, 0.6) is 0 Å². The lowest BCUT2D eigenvalue weighted by Crippen LogP contribution is -2.45. The summed E-state index contributed by atoms with van der Waals surface area (Å²) in [4.78, 5) is 26.9. The minimum Gasteiger partial charge on any atom is -0.355 e. The summed E-state index contributed by atoms with van der Waals surface area (Å²) < 4.78 is 13.8. The van der Waals surface area contributed by atoms with Crippen LogP contribution in [0.1, 0.15) is 24.2 Å². The number of hydrazine groups is 1. The molecule has 0 radical (unpaired) electrons. The monoisotopic (exact) mass is 269 g/mol. The van der Waals surface area contributed by atoms with Gasteiger partial charge < -0.3 is 16.1 Å². The Kier molecular flexibility index (Phi) is 5.19. The van der Waals surface area contributed by atoms with E-state index in [1.807, 2.05) is 5.43 Å². The quantitative estimate of drug-likeness (QED) is 0.436. The Balaban J connectivity index is 2.81. The van der Waals surface area contributed by atoms with Crippen molar-refractivity contribution in [2.45, 2.75) is 19.9 Å². The lowest BCUT2D eigenvalue weighted by Gasteiger charge is -2.14. The Bertz CT molecular complexity index is 480. The van der Waals surface area contributed by atoms with Crippen LogP contribution in [0, 0.1) is 5.82 Å². The van der Waals surface area contributed by atoms with E-state index >= 15 is 0 Å². The van der Waals surface area contributed by atoms with Gasteiger partial charge in [0.15, 0.2) is 11.6 Å². The Morgan fingerprint density at radius 3 is 2.79 bits per heavy atom. The summed E-state index contributed by atoms with van der Waals surface area (Å²) in [6, 6.07) is 0.435. The van der Waals surface area contributed by atoms with E-state index in [-0.39, 0.29) is 17.3 Å². The van der Waals surface area contributed by atoms with Crippen molar-refractivity contribution in [3.05, 3.63) is 23.6 Å². The highest BCUT2D eigenvalue weighted by atomic mass is 19.1. The topological polar surface area (TPSA) is 109 Å². The molecule has 0 aromatic carbocycles. The van der Waals surface area contributed by atoms with Gasteiger partial charge in [-0.25, -0.2) is 15.2 Å². The van der Waals surface area contributed by atoms with Gasteiger partial charge in [0.1, 0.15) is 6.04 Å². The summed E-state index contributed by atoms with van der Waals surface area (Å²) in [5, 5.41) is 4.93. The van der Waals surface area contributed by atoms with Crippen molar-refractivity contribution in [3.8, 4) is 0 Å². The highest BCUT2D eigenvalue weighted by Crippen LogP contribution is 2.13. The average molecular weight is 269 g/mol. The molecule has 0 saturated carbocycles. The first-order chi connectivity index (χ1) is 9.01. The molecule has 0 spiro atoms. The van der Waals surface area contributed by atoms with E-state index < -0.39 is 17.8 Å². The molecular formula is C11H16FN5O2. The van der Waals surface area contributed by atoms with Gasteiger partial charge in [-0.3, -0.25) is 9.59 Å². The first-order valence-electron chi connectivity index (χ1n) is 5.71. The van der Waals surface area contributed by atoms with Crippen molar-refractivity contribution in [1.29, 1.82) is 0 Å². The number of nitrogens with two attached hydrogens (primary N) is 1. The van der Waals surface area contributed by atoms with Crippen molar-refractivity contribution >= 4 is 17.6 Å². The summed E-state index contributed by atoms with van der Waals surface area (Å²) in [7, 11) is 0. The van der Waals surface area contributed by atoms with E-state index in [1.165, 1.54) is 19.2 Å². The summed E-state index contributed by atoms with van der Waals surface area (Å²) in [6.07, 6.45) is 1.24. The molecule has 0 aliphatic carbocycles. The Morgan fingerprint density at radius 1 is 1.53 bits per heavy atom. The molecule has 1 heterocycles. The number of nitrogen functional groups attached to an aromatic ring is 1. The van der Waals surface area contributed by atoms with Crippen LogP contribution in [0.4, 0.5) is 10.2 Å². The van der Waals surface area contributed by atoms with Gasteiger partial charge in [-0.2, -0.15) is 0 Å². The number of likely N-dealkylation sites (N-methyl/N-ethyl adjacent to an activating group) is 1.